The normalized spacial score (nSPS) is 10.5. The molecule has 0 fully saturated rings. The SMILES string of the molecule is CCOCCN(C)Cc1cnc(Cl)c(C#N)c1. The predicted molar refractivity (Wildman–Crippen MR) is 66.8 cm³/mol. The van der Waals surface area contributed by atoms with E-state index in [1.54, 1.807) is 12.3 Å². The molecule has 0 amide bonds. The molecule has 17 heavy (non-hydrogen) atoms. The van der Waals surface area contributed by atoms with Gasteiger partial charge in [-0.2, -0.15) is 5.26 Å². The Morgan fingerprint density at radius 1 is 1.59 bits per heavy atom. The fourth-order valence-corrected chi connectivity index (χ4v) is 1.56. The van der Waals surface area contributed by atoms with Crippen molar-refractivity contribution in [3.05, 3.63) is 28.5 Å². The summed E-state index contributed by atoms with van der Waals surface area (Å²) in [7, 11) is 2.00. The molecule has 0 bridgehead atoms. The molecule has 1 heterocycles. The lowest BCUT2D eigenvalue weighted by atomic mass is 10.2. The van der Waals surface area contributed by atoms with E-state index in [1.165, 1.54) is 0 Å². The van der Waals surface area contributed by atoms with Crippen LogP contribution in [0.5, 0.6) is 0 Å². The van der Waals surface area contributed by atoms with Crippen molar-refractivity contribution >= 4 is 11.6 Å². The van der Waals surface area contributed by atoms with Crippen LogP contribution in [0.3, 0.4) is 0 Å². The lowest BCUT2D eigenvalue weighted by Gasteiger charge is -2.16. The van der Waals surface area contributed by atoms with Gasteiger partial charge in [-0.05, 0) is 25.6 Å². The summed E-state index contributed by atoms with van der Waals surface area (Å²) in [5.41, 5.74) is 1.40. The summed E-state index contributed by atoms with van der Waals surface area (Å²) in [5.74, 6) is 0. The van der Waals surface area contributed by atoms with E-state index in [-0.39, 0.29) is 5.15 Å². The molecule has 0 aliphatic carbocycles. The average Bonchev–Trinajstić information content (AvgIpc) is 2.32. The Morgan fingerprint density at radius 3 is 3.00 bits per heavy atom. The number of hydrogen-bond donors (Lipinski definition) is 0. The second-order valence-corrected chi connectivity index (χ2v) is 4.09. The Morgan fingerprint density at radius 2 is 2.35 bits per heavy atom. The van der Waals surface area contributed by atoms with Gasteiger partial charge >= 0.3 is 0 Å². The Bertz CT molecular complexity index is 403. The summed E-state index contributed by atoms with van der Waals surface area (Å²) >= 11 is 5.77. The maximum Gasteiger partial charge on any atom is 0.146 e. The van der Waals surface area contributed by atoms with Gasteiger partial charge < -0.3 is 4.74 Å². The number of hydrogen-bond acceptors (Lipinski definition) is 4. The third-order valence-electron chi connectivity index (χ3n) is 2.29. The molecule has 1 rings (SSSR count). The van der Waals surface area contributed by atoms with E-state index in [9.17, 15) is 0 Å². The van der Waals surface area contributed by atoms with Crippen molar-refractivity contribution in [2.24, 2.45) is 0 Å². The van der Waals surface area contributed by atoms with Gasteiger partial charge in [-0.25, -0.2) is 4.98 Å². The van der Waals surface area contributed by atoms with Gasteiger partial charge in [-0.1, -0.05) is 11.6 Å². The van der Waals surface area contributed by atoms with E-state index in [4.69, 9.17) is 21.6 Å². The maximum absolute atomic E-state index is 8.84. The third kappa shape index (κ3) is 4.70. The quantitative estimate of drug-likeness (QED) is 0.575. The fourth-order valence-electron chi connectivity index (χ4n) is 1.41. The highest BCUT2D eigenvalue weighted by Gasteiger charge is 2.05. The molecule has 1 aromatic heterocycles. The molecule has 0 aromatic carbocycles. The van der Waals surface area contributed by atoms with Crippen LogP contribution >= 0.6 is 11.6 Å². The zero-order valence-corrected chi connectivity index (χ0v) is 10.9. The van der Waals surface area contributed by atoms with E-state index in [0.29, 0.717) is 12.2 Å². The number of aromatic nitrogens is 1. The molecular weight excluding hydrogens is 238 g/mol. The summed E-state index contributed by atoms with van der Waals surface area (Å²) in [5, 5.41) is 9.10. The van der Waals surface area contributed by atoms with Crippen LogP contribution in [-0.2, 0) is 11.3 Å². The van der Waals surface area contributed by atoms with Gasteiger partial charge in [0.1, 0.15) is 11.2 Å². The predicted octanol–water partition coefficient (Wildman–Crippen LogP) is 2.07. The van der Waals surface area contributed by atoms with E-state index >= 15 is 0 Å². The number of rotatable bonds is 6. The van der Waals surface area contributed by atoms with E-state index in [0.717, 1.165) is 25.3 Å². The number of halogens is 1. The van der Waals surface area contributed by atoms with Crippen LogP contribution in [-0.4, -0.2) is 36.7 Å². The van der Waals surface area contributed by atoms with Crippen molar-refractivity contribution in [1.29, 1.82) is 5.26 Å². The highest BCUT2D eigenvalue weighted by molar-refractivity contribution is 6.30. The molecule has 5 heteroatoms. The molecule has 0 spiro atoms. The molecule has 0 aliphatic heterocycles. The summed E-state index contributed by atoms with van der Waals surface area (Å²) in [6.07, 6.45) is 1.69. The first-order valence-electron chi connectivity index (χ1n) is 5.48. The van der Waals surface area contributed by atoms with Gasteiger partial charge in [0.05, 0.1) is 12.2 Å². The average molecular weight is 254 g/mol. The Kier molecular flexibility index (Phi) is 5.92. The first-order chi connectivity index (χ1) is 8.17. The fraction of sp³-hybridized carbons (Fsp3) is 0.500. The lowest BCUT2D eigenvalue weighted by Crippen LogP contribution is -2.22. The van der Waals surface area contributed by atoms with Crippen LogP contribution < -0.4 is 0 Å². The van der Waals surface area contributed by atoms with Crippen molar-refractivity contribution < 1.29 is 4.74 Å². The van der Waals surface area contributed by atoms with Crippen LogP contribution in [0.4, 0.5) is 0 Å². The smallest absolute Gasteiger partial charge is 0.146 e. The van der Waals surface area contributed by atoms with E-state index < -0.39 is 0 Å². The summed E-state index contributed by atoms with van der Waals surface area (Å²) in [4.78, 5) is 6.10. The first-order valence-corrected chi connectivity index (χ1v) is 5.86. The number of nitrogens with zero attached hydrogens (tertiary/aromatic N) is 3. The summed E-state index contributed by atoms with van der Waals surface area (Å²) < 4.78 is 5.28. The number of likely N-dealkylation sites (N-methyl/N-ethyl adjacent to an activating group) is 1. The van der Waals surface area contributed by atoms with Crippen molar-refractivity contribution in [3.8, 4) is 6.07 Å². The molecule has 0 saturated carbocycles. The van der Waals surface area contributed by atoms with Crippen molar-refractivity contribution in [1.82, 2.24) is 9.88 Å². The second kappa shape index (κ2) is 7.23. The van der Waals surface area contributed by atoms with E-state index in [1.807, 2.05) is 20.0 Å². The van der Waals surface area contributed by atoms with Gasteiger partial charge in [0.15, 0.2) is 0 Å². The highest BCUT2D eigenvalue weighted by atomic mass is 35.5. The molecule has 0 radical (unpaired) electrons. The number of pyridine rings is 1. The molecule has 0 atom stereocenters. The number of nitriles is 1. The molecule has 1 aromatic rings. The summed E-state index contributed by atoms with van der Waals surface area (Å²) in [6.45, 7) is 4.99. The zero-order valence-electron chi connectivity index (χ0n) is 10.1. The van der Waals surface area contributed by atoms with Gasteiger partial charge in [-0.3, -0.25) is 4.90 Å². The van der Waals surface area contributed by atoms with Crippen LogP contribution in [0.2, 0.25) is 5.15 Å². The largest absolute Gasteiger partial charge is 0.380 e. The second-order valence-electron chi connectivity index (χ2n) is 3.73. The van der Waals surface area contributed by atoms with E-state index in [2.05, 4.69) is 9.88 Å². The third-order valence-corrected chi connectivity index (χ3v) is 2.59. The van der Waals surface area contributed by atoms with Gasteiger partial charge in [0.25, 0.3) is 0 Å². The zero-order chi connectivity index (χ0) is 12.7. The molecule has 92 valence electrons. The lowest BCUT2D eigenvalue weighted by molar-refractivity contribution is 0.120. The first kappa shape index (κ1) is 13.9. The van der Waals surface area contributed by atoms with Crippen LogP contribution in [0.1, 0.15) is 18.1 Å². The van der Waals surface area contributed by atoms with Crippen molar-refractivity contribution in [2.45, 2.75) is 13.5 Å². The molecule has 0 aliphatic rings. The monoisotopic (exact) mass is 253 g/mol. The van der Waals surface area contributed by atoms with Gasteiger partial charge in [0.2, 0.25) is 0 Å². The minimum absolute atomic E-state index is 0.258. The van der Waals surface area contributed by atoms with Crippen LogP contribution in [0.25, 0.3) is 0 Å². The minimum atomic E-state index is 0.258. The Hall–Kier alpha value is -1.15. The minimum Gasteiger partial charge on any atom is -0.380 e. The molecule has 4 nitrogen and oxygen atoms in total. The Labute approximate surface area is 107 Å². The molecule has 0 unspecified atom stereocenters. The Balaban J connectivity index is 2.54. The standard InChI is InChI=1S/C12H16ClN3O/c1-3-17-5-4-16(2)9-10-6-11(7-14)12(13)15-8-10/h6,8H,3-5,9H2,1-2H3. The summed E-state index contributed by atoms with van der Waals surface area (Å²) in [6, 6.07) is 3.79. The van der Waals surface area contributed by atoms with Crippen LogP contribution in [0, 0.1) is 11.3 Å². The van der Waals surface area contributed by atoms with Crippen LogP contribution in [0.15, 0.2) is 12.3 Å². The molecular formula is C12H16ClN3O. The van der Waals surface area contributed by atoms with Crippen molar-refractivity contribution in [3.63, 3.8) is 0 Å². The van der Waals surface area contributed by atoms with Gasteiger partial charge in [0, 0.05) is 25.9 Å². The van der Waals surface area contributed by atoms with Gasteiger partial charge in [-0.15, -0.1) is 0 Å². The number of ether oxygens (including phenoxy) is 1. The van der Waals surface area contributed by atoms with Crippen molar-refractivity contribution in [2.75, 3.05) is 26.8 Å². The molecule has 0 saturated heterocycles. The topological polar surface area (TPSA) is 49.1 Å². The maximum atomic E-state index is 8.84. The molecule has 0 N–H and O–H groups in total. The highest BCUT2D eigenvalue weighted by Crippen LogP contribution is 2.13.